The molecule has 0 unspecified atom stereocenters. The lowest BCUT2D eigenvalue weighted by atomic mass is 9.71. The molecular weight excluding hydrogens is 528 g/mol. The summed E-state index contributed by atoms with van der Waals surface area (Å²) in [5, 5.41) is 5.29. The molecule has 9 rings (SSSR count). The van der Waals surface area contributed by atoms with Crippen molar-refractivity contribution in [2.24, 2.45) is 0 Å². The highest BCUT2D eigenvalue weighted by Crippen LogP contribution is 2.62. The van der Waals surface area contributed by atoms with Crippen LogP contribution < -0.4 is 0 Å². The van der Waals surface area contributed by atoms with E-state index in [4.69, 9.17) is 0 Å². The fourth-order valence-electron chi connectivity index (χ4n) is 8.43. The monoisotopic (exact) mass is 562 g/mol. The van der Waals surface area contributed by atoms with Crippen LogP contribution in [0.3, 0.4) is 0 Å². The molecule has 0 fully saturated rings. The Kier molecular flexibility index (Phi) is 5.11. The third-order valence-corrected chi connectivity index (χ3v) is 10.6. The Labute approximate surface area is 259 Å². The van der Waals surface area contributed by atoms with Crippen molar-refractivity contribution in [1.82, 2.24) is 0 Å². The summed E-state index contributed by atoms with van der Waals surface area (Å²) in [6.45, 7) is 9.79. The van der Waals surface area contributed by atoms with Gasteiger partial charge in [-0.1, -0.05) is 143 Å². The van der Waals surface area contributed by atoms with E-state index in [-0.39, 0.29) is 10.8 Å². The lowest BCUT2D eigenvalue weighted by molar-refractivity contribution is 0.602. The molecule has 210 valence electrons. The molecule has 2 aliphatic rings. The minimum atomic E-state index is -0.146. The van der Waals surface area contributed by atoms with Crippen molar-refractivity contribution in [2.45, 2.75) is 38.5 Å². The van der Waals surface area contributed by atoms with E-state index in [2.05, 4.69) is 161 Å². The van der Waals surface area contributed by atoms with Crippen LogP contribution in [0.2, 0.25) is 0 Å². The molecular formula is C44H34. The van der Waals surface area contributed by atoms with Gasteiger partial charge in [0.25, 0.3) is 0 Å². The van der Waals surface area contributed by atoms with Crippen LogP contribution >= 0.6 is 0 Å². The number of benzene rings is 7. The van der Waals surface area contributed by atoms with Gasteiger partial charge < -0.3 is 0 Å². The standard InChI is InChI=1S/C44H34/c1-43(2)37-25-31(27-12-6-5-7-13-27)20-22-35(37)39-33-16-10-11-17-34(33)40-36-23-21-32(26-38(36)44(3,4)42(40)41(39)43)30-19-18-28-14-8-9-15-29(28)24-30/h5-26H,1-4H3. The molecule has 0 saturated carbocycles. The van der Waals surface area contributed by atoms with Crippen LogP contribution in [0.4, 0.5) is 0 Å². The molecule has 0 radical (unpaired) electrons. The van der Waals surface area contributed by atoms with Crippen molar-refractivity contribution in [2.75, 3.05) is 0 Å². The third kappa shape index (κ3) is 3.34. The van der Waals surface area contributed by atoms with Gasteiger partial charge in [0.2, 0.25) is 0 Å². The maximum absolute atomic E-state index is 2.48. The first kappa shape index (κ1) is 25.5. The molecule has 0 atom stereocenters. The van der Waals surface area contributed by atoms with Crippen LogP contribution in [0, 0.1) is 0 Å². The Morgan fingerprint density at radius 1 is 0.364 bits per heavy atom. The topological polar surface area (TPSA) is 0 Å². The van der Waals surface area contributed by atoms with Crippen LogP contribution in [0.25, 0.3) is 66.1 Å². The van der Waals surface area contributed by atoms with Gasteiger partial charge in [-0.05, 0) is 107 Å². The predicted molar refractivity (Wildman–Crippen MR) is 187 cm³/mol. The van der Waals surface area contributed by atoms with Gasteiger partial charge in [0, 0.05) is 10.8 Å². The van der Waals surface area contributed by atoms with Gasteiger partial charge in [-0.15, -0.1) is 0 Å². The van der Waals surface area contributed by atoms with Gasteiger partial charge in [0.1, 0.15) is 0 Å². The summed E-state index contributed by atoms with van der Waals surface area (Å²) in [6.07, 6.45) is 0. The summed E-state index contributed by atoms with van der Waals surface area (Å²) in [4.78, 5) is 0. The maximum atomic E-state index is 2.48. The second-order valence-corrected chi connectivity index (χ2v) is 13.7. The van der Waals surface area contributed by atoms with E-state index in [0.717, 1.165) is 0 Å². The van der Waals surface area contributed by atoms with Gasteiger partial charge in [-0.25, -0.2) is 0 Å². The Balaban J connectivity index is 1.30. The first-order chi connectivity index (χ1) is 21.3. The molecule has 0 saturated heterocycles. The molecule has 0 bridgehead atoms. The van der Waals surface area contributed by atoms with Crippen LogP contribution in [0.1, 0.15) is 49.9 Å². The van der Waals surface area contributed by atoms with Crippen LogP contribution in [0.15, 0.2) is 133 Å². The number of hydrogen-bond acceptors (Lipinski definition) is 0. The smallest absolute Gasteiger partial charge is 0.0162 e. The molecule has 0 heterocycles. The van der Waals surface area contributed by atoms with Crippen molar-refractivity contribution in [1.29, 1.82) is 0 Å². The summed E-state index contributed by atoms with van der Waals surface area (Å²) in [5.41, 5.74) is 16.3. The Bertz CT molecular complexity index is 2310. The molecule has 2 aliphatic carbocycles. The van der Waals surface area contributed by atoms with Gasteiger partial charge in [-0.3, -0.25) is 0 Å². The van der Waals surface area contributed by atoms with E-state index >= 15 is 0 Å². The molecule has 0 aliphatic heterocycles. The van der Waals surface area contributed by atoms with Crippen LogP contribution in [-0.2, 0) is 10.8 Å². The Morgan fingerprint density at radius 3 is 1.41 bits per heavy atom. The Morgan fingerprint density at radius 2 is 0.818 bits per heavy atom. The van der Waals surface area contributed by atoms with Crippen LogP contribution in [0.5, 0.6) is 0 Å². The zero-order valence-electron chi connectivity index (χ0n) is 25.7. The molecule has 0 amide bonds. The molecule has 44 heavy (non-hydrogen) atoms. The van der Waals surface area contributed by atoms with Crippen molar-refractivity contribution < 1.29 is 0 Å². The van der Waals surface area contributed by atoms with E-state index in [1.807, 2.05) is 0 Å². The van der Waals surface area contributed by atoms with Gasteiger partial charge in [0.15, 0.2) is 0 Å². The Hall–Kier alpha value is -4.94. The number of rotatable bonds is 2. The second-order valence-electron chi connectivity index (χ2n) is 13.7. The third-order valence-electron chi connectivity index (χ3n) is 10.6. The fourth-order valence-corrected chi connectivity index (χ4v) is 8.43. The zero-order valence-corrected chi connectivity index (χ0v) is 25.7. The second kappa shape index (κ2) is 8.80. The highest BCUT2D eigenvalue weighted by atomic mass is 14.5. The normalized spacial score (nSPS) is 15.2. The van der Waals surface area contributed by atoms with Gasteiger partial charge >= 0.3 is 0 Å². The minimum Gasteiger partial charge on any atom is -0.0622 e. The minimum absolute atomic E-state index is 0.135. The average molecular weight is 563 g/mol. The highest BCUT2D eigenvalue weighted by molar-refractivity contribution is 6.13. The molecule has 0 nitrogen and oxygen atoms in total. The van der Waals surface area contributed by atoms with E-state index in [1.54, 1.807) is 0 Å². The highest BCUT2D eigenvalue weighted by Gasteiger charge is 2.47. The average Bonchev–Trinajstić information content (AvgIpc) is 3.44. The molecule has 0 heteroatoms. The lowest BCUT2D eigenvalue weighted by Crippen LogP contribution is -2.24. The molecule has 0 N–H and O–H groups in total. The van der Waals surface area contributed by atoms with Gasteiger partial charge in [0.05, 0.1) is 0 Å². The van der Waals surface area contributed by atoms with E-state index in [0.29, 0.717) is 0 Å². The summed E-state index contributed by atoms with van der Waals surface area (Å²) in [6, 6.07) is 49.8. The van der Waals surface area contributed by atoms with E-state index in [9.17, 15) is 0 Å². The first-order valence-electron chi connectivity index (χ1n) is 15.8. The summed E-state index contributed by atoms with van der Waals surface area (Å²) >= 11 is 0. The SMILES string of the molecule is CC1(C)c2cc(-c3ccccc3)ccc2-c2c1c1c(c3ccccc23)-c2ccc(-c3ccc4ccccc4c3)cc2C1(C)C. The van der Waals surface area contributed by atoms with Gasteiger partial charge in [-0.2, -0.15) is 0 Å². The largest absolute Gasteiger partial charge is 0.0622 e. The van der Waals surface area contributed by atoms with E-state index in [1.165, 1.54) is 88.3 Å². The molecule has 0 aromatic heterocycles. The summed E-state index contributed by atoms with van der Waals surface area (Å²) in [7, 11) is 0. The van der Waals surface area contributed by atoms with Crippen molar-refractivity contribution in [3.8, 4) is 44.5 Å². The summed E-state index contributed by atoms with van der Waals surface area (Å²) < 4.78 is 0. The molecule has 7 aromatic carbocycles. The van der Waals surface area contributed by atoms with E-state index < -0.39 is 0 Å². The number of hydrogen-bond donors (Lipinski definition) is 0. The summed E-state index contributed by atoms with van der Waals surface area (Å²) in [5.74, 6) is 0. The number of fused-ring (bicyclic) bond motifs is 11. The fraction of sp³-hybridized carbons (Fsp3) is 0.136. The lowest BCUT2D eigenvalue weighted by Gasteiger charge is -2.31. The van der Waals surface area contributed by atoms with Crippen molar-refractivity contribution >= 4 is 21.5 Å². The van der Waals surface area contributed by atoms with Crippen molar-refractivity contribution in [3.05, 3.63) is 156 Å². The zero-order chi connectivity index (χ0) is 29.8. The predicted octanol–water partition coefficient (Wildman–Crippen LogP) is 11.9. The molecule has 7 aromatic rings. The first-order valence-corrected chi connectivity index (χ1v) is 15.8. The molecule has 0 spiro atoms. The van der Waals surface area contributed by atoms with Crippen molar-refractivity contribution in [3.63, 3.8) is 0 Å². The van der Waals surface area contributed by atoms with Crippen LogP contribution in [-0.4, -0.2) is 0 Å². The maximum Gasteiger partial charge on any atom is 0.0162 e. The quantitative estimate of drug-likeness (QED) is 0.197.